The molecule has 3 rings (SSSR count). The van der Waals surface area contributed by atoms with Crippen molar-refractivity contribution in [2.24, 2.45) is 0 Å². The van der Waals surface area contributed by atoms with Crippen LogP contribution in [-0.2, 0) is 6.42 Å². The lowest BCUT2D eigenvalue weighted by Gasteiger charge is -2.22. The quantitative estimate of drug-likeness (QED) is 0.749. The predicted octanol–water partition coefficient (Wildman–Crippen LogP) is 3.15. The first-order valence-corrected chi connectivity index (χ1v) is 6.27. The Labute approximate surface area is 101 Å². The summed E-state index contributed by atoms with van der Waals surface area (Å²) in [6.07, 6.45) is 3.51. The average Bonchev–Trinajstić information content (AvgIpc) is 2.75. The molecule has 1 aromatic carbocycles. The van der Waals surface area contributed by atoms with Crippen LogP contribution in [0.5, 0.6) is 0 Å². The van der Waals surface area contributed by atoms with Crippen LogP contribution in [0.3, 0.4) is 0 Å². The molecule has 0 amide bonds. The zero-order chi connectivity index (χ0) is 11.8. The molecule has 2 aromatic rings. The zero-order valence-corrected chi connectivity index (χ0v) is 10.3. The van der Waals surface area contributed by atoms with Crippen LogP contribution in [0.1, 0.15) is 37.2 Å². The van der Waals surface area contributed by atoms with E-state index in [1.165, 1.54) is 24.0 Å². The molecule has 1 aromatic heterocycles. The summed E-state index contributed by atoms with van der Waals surface area (Å²) < 4.78 is 2.31. The first-order valence-electron chi connectivity index (χ1n) is 6.27. The number of fused-ring (bicyclic) bond motifs is 1. The van der Waals surface area contributed by atoms with Crippen LogP contribution < -0.4 is 0 Å². The second kappa shape index (κ2) is 3.99. The minimum Gasteiger partial charge on any atom is -0.308 e. The predicted molar refractivity (Wildman–Crippen MR) is 67.8 cm³/mol. The molecule has 1 aliphatic rings. The van der Waals surface area contributed by atoms with Gasteiger partial charge in [-0.2, -0.15) is 0 Å². The van der Waals surface area contributed by atoms with E-state index >= 15 is 0 Å². The molecule has 0 spiro atoms. The van der Waals surface area contributed by atoms with Gasteiger partial charge in [0.25, 0.3) is 0 Å². The highest BCUT2D eigenvalue weighted by Gasteiger charge is 2.22. The van der Waals surface area contributed by atoms with Gasteiger partial charge in [0.05, 0.1) is 0 Å². The number of hydrogen-bond acceptors (Lipinski definition) is 2. The van der Waals surface area contributed by atoms with E-state index in [9.17, 15) is 0 Å². The maximum absolute atomic E-state index is 4.39. The highest BCUT2D eigenvalue weighted by atomic mass is 15.3. The molecule has 0 N–H and O–H groups in total. The monoisotopic (exact) mass is 227 g/mol. The van der Waals surface area contributed by atoms with Crippen LogP contribution in [0.4, 0.5) is 0 Å². The van der Waals surface area contributed by atoms with Crippen molar-refractivity contribution in [3.05, 3.63) is 35.7 Å². The maximum Gasteiger partial charge on any atom is 0.164 e. The molecule has 2 heterocycles. The molecule has 0 bridgehead atoms. The summed E-state index contributed by atoms with van der Waals surface area (Å²) in [5, 5.41) is 8.73. The molecule has 3 nitrogen and oxygen atoms in total. The standard InChI is InChI=1S/C14H17N3/c1-10-6-3-4-8-12(10)14-16-15-13-9-5-7-11(2)17(13)14/h3-4,6,8,11H,5,7,9H2,1-2H3. The van der Waals surface area contributed by atoms with Gasteiger partial charge >= 0.3 is 0 Å². The molecule has 0 saturated heterocycles. The fourth-order valence-corrected chi connectivity index (χ4v) is 2.65. The topological polar surface area (TPSA) is 30.7 Å². The SMILES string of the molecule is Cc1ccccc1-c1nnc2n1C(C)CCC2. The Morgan fingerprint density at radius 1 is 1.24 bits per heavy atom. The molecule has 0 fully saturated rings. The fraction of sp³-hybridized carbons (Fsp3) is 0.429. The molecule has 0 saturated carbocycles. The Balaban J connectivity index is 2.17. The van der Waals surface area contributed by atoms with Gasteiger partial charge in [-0.05, 0) is 32.3 Å². The van der Waals surface area contributed by atoms with Gasteiger partial charge in [0, 0.05) is 18.0 Å². The summed E-state index contributed by atoms with van der Waals surface area (Å²) in [6.45, 7) is 4.39. The summed E-state index contributed by atoms with van der Waals surface area (Å²) in [6, 6.07) is 8.91. The third-order valence-electron chi connectivity index (χ3n) is 3.62. The van der Waals surface area contributed by atoms with E-state index in [1.54, 1.807) is 0 Å². The molecule has 3 heteroatoms. The Bertz CT molecular complexity index is 542. The first-order chi connectivity index (χ1) is 8.27. The number of hydrogen-bond donors (Lipinski definition) is 0. The summed E-state index contributed by atoms with van der Waals surface area (Å²) in [7, 11) is 0. The number of nitrogens with zero attached hydrogens (tertiary/aromatic N) is 3. The van der Waals surface area contributed by atoms with Crippen LogP contribution in [0, 0.1) is 6.92 Å². The lowest BCUT2D eigenvalue weighted by Crippen LogP contribution is -2.16. The Morgan fingerprint density at radius 2 is 2.06 bits per heavy atom. The van der Waals surface area contributed by atoms with Crippen molar-refractivity contribution < 1.29 is 0 Å². The smallest absolute Gasteiger partial charge is 0.164 e. The number of rotatable bonds is 1. The highest BCUT2D eigenvalue weighted by Crippen LogP contribution is 2.30. The lowest BCUT2D eigenvalue weighted by atomic mass is 10.0. The average molecular weight is 227 g/mol. The number of aromatic nitrogens is 3. The Morgan fingerprint density at radius 3 is 2.88 bits per heavy atom. The van der Waals surface area contributed by atoms with E-state index in [0.717, 1.165) is 18.1 Å². The molecule has 1 unspecified atom stereocenters. The largest absolute Gasteiger partial charge is 0.308 e. The molecule has 1 atom stereocenters. The van der Waals surface area contributed by atoms with Crippen LogP contribution >= 0.6 is 0 Å². The summed E-state index contributed by atoms with van der Waals surface area (Å²) in [4.78, 5) is 0. The molecule has 1 aliphatic heterocycles. The van der Waals surface area contributed by atoms with Gasteiger partial charge in [-0.25, -0.2) is 0 Å². The van der Waals surface area contributed by atoms with E-state index in [1.807, 2.05) is 0 Å². The van der Waals surface area contributed by atoms with Gasteiger partial charge in [-0.3, -0.25) is 0 Å². The maximum atomic E-state index is 4.39. The van der Waals surface area contributed by atoms with Crippen LogP contribution in [0.25, 0.3) is 11.4 Å². The third-order valence-corrected chi connectivity index (χ3v) is 3.62. The van der Waals surface area contributed by atoms with Crippen molar-refractivity contribution in [1.29, 1.82) is 0 Å². The molecule has 17 heavy (non-hydrogen) atoms. The molecular formula is C14H17N3. The third kappa shape index (κ3) is 1.66. The van der Waals surface area contributed by atoms with Gasteiger partial charge < -0.3 is 4.57 Å². The van der Waals surface area contributed by atoms with E-state index in [-0.39, 0.29) is 0 Å². The number of benzene rings is 1. The van der Waals surface area contributed by atoms with Crippen molar-refractivity contribution in [3.63, 3.8) is 0 Å². The van der Waals surface area contributed by atoms with Gasteiger partial charge in [-0.15, -0.1) is 10.2 Å². The minimum atomic E-state index is 0.517. The Hall–Kier alpha value is -1.64. The van der Waals surface area contributed by atoms with E-state index in [2.05, 4.69) is 52.9 Å². The van der Waals surface area contributed by atoms with E-state index in [0.29, 0.717) is 6.04 Å². The van der Waals surface area contributed by atoms with E-state index < -0.39 is 0 Å². The summed E-state index contributed by atoms with van der Waals surface area (Å²) in [5.74, 6) is 2.17. The van der Waals surface area contributed by atoms with Gasteiger partial charge in [0.2, 0.25) is 0 Å². The fourth-order valence-electron chi connectivity index (χ4n) is 2.65. The Kier molecular flexibility index (Phi) is 2.46. The van der Waals surface area contributed by atoms with Crippen molar-refractivity contribution >= 4 is 0 Å². The van der Waals surface area contributed by atoms with Crippen LogP contribution in [-0.4, -0.2) is 14.8 Å². The van der Waals surface area contributed by atoms with E-state index in [4.69, 9.17) is 0 Å². The van der Waals surface area contributed by atoms with Gasteiger partial charge in [0.15, 0.2) is 5.82 Å². The van der Waals surface area contributed by atoms with Crippen molar-refractivity contribution in [2.75, 3.05) is 0 Å². The summed E-state index contributed by atoms with van der Waals surface area (Å²) >= 11 is 0. The molecule has 0 radical (unpaired) electrons. The zero-order valence-electron chi connectivity index (χ0n) is 10.3. The van der Waals surface area contributed by atoms with Gasteiger partial charge in [0.1, 0.15) is 5.82 Å². The highest BCUT2D eigenvalue weighted by molar-refractivity contribution is 5.60. The first kappa shape index (κ1) is 10.5. The second-order valence-corrected chi connectivity index (χ2v) is 4.87. The van der Waals surface area contributed by atoms with Crippen LogP contribution in [0.15, 0.2) is 24.3 Å². The van der Waals surface area contributed by atoms with Crippen LogP contribution in [0.2, 0.25) is 0 Å². The lowest BCUT2D eigenvalue weighted by molar-refractivity contribution is 0.429. The summed E-state index contributed by atoms with van der Waals surface area (Å²) in [5.41, 5.74) is 2.47. The molecule has 0 aliphatic carbocycles. The van der Waals surface area contributed by atoms with Crippen molar-refractivity contribution in [3.8, 4) is 11.4 Å². The normalized spacial score (nSPS) is 19.1. The number of aryl methyl sites for hydroxylation is 2. The second-order valence-electron chi connectivity index (χ2n) is 4.87. The van der Waals surface area contributed by atoms with Crippen molar-refractivity contribution in [2.45, 2.75) is 39.2 Å². The minimum absolute atomic E-state index is 0.517. The van der Waals surface area contributed by atoms with Crippen molar-refractivity contribution in [1.82, 2.24) is 14.8 Å². The molecular weight excluding hydrogens is 210 g/mol. The van der Waals surface area contributed by atoms with Gasteiger partial charge in [-0.1, -0.05) is 24.3 Å². The molecule has 88 valence electrons.